The van der Waals surface area contributed by atoms with Crippen LogP contribution in [0.1, 0.15) is 17.3 Å². The zero-order chi connectivity index (χ0) is 22.3. The zero-order valence-electron chi connectivity index (χ0n) is 18.2. The average Bonchev–Trinajstić information content (AvgIpc) is 3.52. The number of nitrogens with zero attached hydrogens (tertiary/aromatic N) is 2. The minimum absolute atomic E-state index is 0.0137. The SMILES string of the molecule is COc1ccc([C@H](CNC(=O)Cc2csc(-c3cccs3)n2)N2CCOCC2)cc1OC. The van der Waals surface area contributed by atoms with Crippen molar-refractivity contribution in [2.24, 2.45) is 0 Å². The van der Waals surface area contributed by atoms with Gasteiger partial charge in [0.2, 0.25) is 5.91 Å². The van der Waals surface area contributed by atoms with Gasteiger partial charge in [0.25, 0.3) is 0 Å². The van der Waals surface area contributed by atoms with Crippen molar-refractivity contribution in [3.63, 3.8) is 0 Å². The summed E-state index contributed by atoms with van der Waals surface area (Å²) in [6.07, 6.45) is 0.268. The van der Waals surface area contributed by atoms with E-state index in [0.717, 1.165) is 34.2 Å². The van der Waals surface area contributed by atoms with Gasteiger partial charge >= 0.3 is 0 Å². The van der Waals surface area contributed by atoms with Crippen LogP contribution in [-0.4, -0.2) is 62.9 Å². The van der Waals surface area contributed by atoms with Crippen LogP contribution < -0.4 is 14.8 Å². The number of carbonyl (C=O) groups is 1. The number of carbonyl (C=O) groups excluding carboxylic acids is 1. The molecule has 7 nitrogen and oxygen atoms in total. The molecular weight excluding hydrogens is 446 g/mol. The molecule has 1 aromatic carbocycles. The summed E-state index contributed by atoms with van der Waals surface area (Å²) in [7, 11) is 3.25. The van der Waals surface area contributed by atoms with Crippen molar-refractivity contribution >= 4 is 28.6 Å². The lowest BCUT2D eigenvalue weighted by molar-refractivity contribution is -0.120. The van der Waals surface area contributed by atoms with Crippen molar-refractivity contribution < 1.29 is 19.0 Å². The van der Waals surface area contributed by atoms with Gasteiger partial charge < -0.3 is 19.5 Å². The second kappa shape index (κ2) is 10.9. The summed E-state index contributed by atoms with van der Waals surface area (Å²) in [4.78, 5) is 20.8. The van der Waals surface area contributed by atoms with Crippen LogP contribution in [0, 0.1) is 0 Å². The summed E-state index contributed by atoms with van der Waals surface area (Å²) in [5.74, 6) is 1.33. The molecule has 4 rings (SSSR count). The first-order valence-electron chi connectivity index (χ1n) is 10.5. The number of benzene rings is 1. The molecule has 2 aromatic heterocycles. The van der Waals surface area contributed by atoms with Crippen molar-refractivity contribution in [1.29, 1.82) is 0 Å². The van der Waals surface area contributed by atoms with Crippen molar-refractivity contribution in [2.45, 2.75) is 12.5 Å². The number of hydrogen-bond acceptors (Lipinski definition) is 8. The number of nitrogens with one attached hydrogen (secondary N) is 1. The lowest BCUT2D eigenvalue weighted by atomic mass is 10.0. The number of aromatic nitrogens is 1. The molecule has 0 unspecified atom stereocenters. The lowest BCUT2D eigenvalue weighted by Crippen LogP contribution is -2.44. The monoisotopic (exact) mass is 473 g/mol. The van der Waals surface area contributed by atoms with Crippen molar-refractivity contribution in [1.82, 2.24) is 15.2 Å². The molecule has 0 radical (unpaired) electrons. The van der Waals surface area contributed by atoms with Crippen LogP contribution in [0.25, 0.3) is 9.88 Å². The van der Waals surface area contributed by atoms with Gasteiger partial charge in [-0.15, -0.1) is 22.7 Å². The molecule has 0 spiro atoms. The predicted molar refractivity (Wildman–Crippen MR) is 127 cm³/mol. The summed E-state index contributed by atoms with van der Waals surface area (Å²) in [5.41, 5.74) is 1.86. The summed E-state index contributed by atoms with van der Waals surface area (Å²) in [5, 5.41) is 8.06. The molecule has 1 atom stereocenters. The van der Waals surface area contributed by atoms with Gasteiger partial charge in [-0.1, -0.05) is 12.1 Å². The van der Waals surface area contributed by atoms with E-state index in [0.29, 0.717) is 31.3 Å². The molecule has 1 aliphatic rings. The first kappa shape index (κ1) is 22.7. The maximum absolute atomic E-state index is 12.7. The van der Waals surface area contributed by atoms with E-state index in [1.165, 1.54) is 0 Å². The van der Waals surface area contributed by atoms with Crippen LogP contribution in [0.4, 0.5) is 0 Å². The molecule has 1 amide bonds. The van der Waals surface area contributed by atoms with Crippen LogP contribution in [0.3, 0.4) is 0 Å². The summed E-state index contributed by atoms with van der Waals surface area (Å²) >= 11 is 3.23. The maximum atomic E-state index is 12.7. The van der Waals surface area contributed by atoms with E-state index >= 15 is 0 Å². The second-order valence-electron chi connectivity index (χ2n) is 7.38. The minimum Gasteiger partial charge on any atom is -0.493 e. The normalized spacial score (nSPS) is 15.3. The Morgan fingerprint density at radius 3 is 2.72 bits per heavy atom. The smallest absolute Gasteiger partial charge is 0.226 e. The number of rotatable bonds is 9. The molecule has 1 aliphatic heterocycles. The fourth-order valence-corrected chi connectivity index (χ4v) is 5.38. The van der Waals surface area contributed by atoms with Crippen LogP contribution in [0.2, 0.25) is 0 Å². The van der Waals surface area contributed by atoms with Gasteiger partial charge in [-0.2, -0.15) is 0 Å². The first-order chi connectivity index (χ1) is 15.7. The molecule has 1 N–H and O–H groups in total. The number of thiophene rings is 1. The molecule has 32 heavy (non-hydrogen) atoms. The highest BCUT2D eigenvalue weighted by molar-refractivity contribution is 7.20. The van der Waals surface area contributed by atoms with Gasteiger partial charge in [0, 0.05) is 25.0 Å². The van der Waals surface area contributed by atoms with Gasteiger partial charge in [0.05, 0.1) is 50.5 Å². The van der Waals surface area contributed by atoms with Crippen LogP contribution in [0.5, 0.6) is 11.5 Å². The Balaban J connectivity index is 1.43. The van der Waals surface area contributed by atoms with Crippen molar-refractivity contribution in [2.75, 3.05) is 47.1 Å². The Morgan fingerprint density at radius 2 is 2.00 bits per heavy atom. The molecule has 1 saturated heterocycles. The Kier molecular flexibility index (Phi) is 7.75. The van der Waals surface area contributed by atoms with E-state index in [4.69, 9.17) is 14.2 Å². The molecule has 0 bridgehead atoms. The van der Waals surface area contributed by atoms with Gasteiger partial charge in [0.1, 0.15) is 5.01 Å². The molecule has 3 aromatic rings. The van der Waals surface area contributed by atoms with Crippen LogP contribution >= 0.6 is 22.7 Å². The number of ether oxygens (including phenoxy) is 3. The fraction of sp³-hybridized carbons (Fsp3) is 0.391. The third-order valence-electron chi connectivity index (χ3n) is 5.40. The molecule has 0 saturated carbocycles. The van der Waals surface area contributed by atoms with Gasteiger partial charge in [0.15, 0.2) is 11.5 Å². The molecule has 3 heterocycles. The summed E-state index contributed by atoms with van der Waals surface area (Å²) < 4.78 is 16.4. The highest BCUT2D eigenvalue weighted by atomic mass is 32.1. The second-order valence-corrected chi connectivity index (χ2v) is 9.19. The third-order valence-corrected chi connectivity index (χ3v) is 7.33. The maximum Gasteiger partial charge on any atom is 0.226 e. The number of thiazole rings is 1. The van der Waals surface area contributed by atoms with E-state index in [2.05, 4.69) is 15.2 Å². The Labute approximate surface area is 196 Å². The first-order valence-corrected chi connectivity index (χ1v) is 12.2. The van der Waals surface area contributed by atoms with Crippen LogP contribution in [-0.2, 0) is 16.0 Å². The Bertz CT molecular complexity index is 1020. The minimum atomic E-state index is -0.0354. The van der Waals surface area contributed by atoms with E-state index in [9.17, 15) is 4.79 Å². The standard InChI is InChI=1S/C23H27N3O4S2/c1-28-19-6-5-16(12-20(19)29-2)18(26-7-9-30-10-8-26)14-24-22(27)13-17-15-32-23(25-17)21-4-3-11-31-21/h3-6,11-12,15,18H,7-10,13-14H2,1-2H3,(H,24,27)/t18-/m0/s1. The number of hydrogen-bond donors (Lipinski definition) is 1. The molecule has 170 valence electrons. The van der Waals surface area contributed by atoms with Gasteiger partial charge in [-0.05, 0) is 29.1 Å². The average molecular weight is 474 g/mol. The van der Waals surface area contributed by atoms with Gasteiger partial charge in [-0.3, -0.25) is 9.69 Å². The molecule has 9 heteroatoms. The predicted octanol–water partition coefficient (Wildman–Crippen LogP) is 3.62. The van der Waals surface area contributed by atoms with E-state index in [1.54, 1.807) is 36.9 Å². The lowest BCUT2D eigenvalue weighted by Gasteiger charge is -2.35. The molecule has 1 fully saturated rings. The highest BCUT2D eigenvalue weighted by Gasteiger charge is 2.24. The van der Waals surface area contributed by atoms with E-state index in [1.807, 2.05) is 41.1 Å². The summed E-state index contributed by atoms with van der Waals surface area (Å²) in [6.45, 7) is 3.48. The largest absolute Gasteiger partial charge is 0.493 e. The van der Waals surface area contributed by atoms with E-state index in [-0.39, 0.29) is 18.4 Å². The zero-order valence-corrected chi connectivity index (χ0v) is 19.8. The number of amides is 1. The van der Waals surface area contributed by atoms with Crippen LogP contribution in [0.15, 0.2) is 41.1 Å². The third kappa shape index (κ3) is 5.47. The topological polar surface area (TPSA) is 72.9 Å². The molecular formula is C23H27N3O4S2. The number of morpholine rings is 1. The Hall–Kier alpha value is -2.46. The van der Waals surface area contributed by atoms with Gasteiger partial charge in [-0.25, -0.2) is 4.98 Å². The Morgan fingerprint density at radius 1 is 1.19 bits per heavy atom. The highest BCUT2D eigenvalue weighted by Crippen LogP contribution is 2.32. The quantitative estimate of drug-likeness (QED) is 0.512. The van der Waals surface area contributed by atoms with E-state index < -0.39 is 0 Å². The molecule has 0 aliphatic carbocycles. The van der Waals surface area contributed by atoms with Crippen molar-refractivity contribution in [3.05, 3.63) is 52.3 Å². The fourth-order valence-electron chi connectivity index (χ4n) is 3.75. The van der Waals surface area contributed by atoms with Crippen molar-refractivity contribution in [3.8, 4) is 21.4 Å². The summed E-state index contributed by atoms with van der Waals surface area (Å²) in [6, 6.07) is 9.99. The number of methoxy groups -OCH3 is 2.